The molecule has 1 aliphatic carbocycles. The van der Waals surface area contributed by atoms with Crippen LogP contribution in [0.5, 0.6) is 0 Å². The van der Waals surface area contributed by atoms with Crippen LogP contribution in [-0.2, 0) is 4.74 Å². The van der Waals surface area contributed by atoms with Crippen molar-refractivity contribution in [2.75, 3.05) is 13.7 Å². The summed E-state index contributed by atoms with van der Waals surface area (Å²) in [7, 11) is 1.79. The molecule has 0 aromatic rings. The molecule has 3 nitrogen and oxygen atoms in total. The Hall–Kier alpha value is -0.730. The van der Waals surface area contributed by atoms with Gasteiger partial charge in [0.05, 0.1) is 6.61 Å². The summed E-state index contributed by atoms with van der Waals surface area (Å²) >= 11 is 0. The molecular weight excluding hydrogens is 214 g/mol. The van der Waals surface area contributed by atoms with Crippen LogP contribution < -0.4 is 0 Å². The molecule has 3 heteroatoms. The predicted molar refractivity (Wildman–Crippen MR) is 69.9 cm³/mol. The minimum Gasteiger partial charge on any atom is -0.449 e. The topological polar surface area (TPSA) is 29.5 Å². The average molecular weight is 241 g/mol. The number of nitrogens with zero attached hydrogens (tertiary/aromatic N) is 1. The minimum atomic E-state index is -0.211. The van der Waals surface area contributed by atoms with Gasteiger partial charge in [0, 0.05) is 12.6 Å². The number of carbonyl (C=O) groups is 1. The molecule has 0 unspecified atom stereocenters. The average Bonchev–Trinajstić information content (AvgIpc) is 2.89. The summed E-state index contributed by atoms with van der Waals surface area (Å²) in [5, 5.41) is 0. The molecule has 0 aromatic carbocycles. The van der Waals surface area contributed by atoms with E-state index in [9.17, 15) is 4.79 Å². The SMILES string of the molecule is CN(C(=O)OC[C@H]1C[C@H]1C(C)(C)C)C(C)(C)C. The molecule has 0 radical (unpaired) electrons. The Balaban J connectivity index is 2.32. The van der Waals surface area contributed by atoms with Crippen molar-refractivity contribution in [1.82, 2.24) is 4.90 Å². The van der Waals surface area contributed by atoms with Crippen LogP contribution in [0.15, 0.2) is 0 Å². The van der Waals surface area contributed by atoms with Crippen LogP contribution in [0.25, 0.3) is 0 Å². The number of amides is 1. The minimum absolute atomic E-state index is 0.177. The molecule has 1 amide bonds. The summed E-state index contributed by atoms with van der Waals surface area (Å²) < 4.78 is 5.37. The first kappa shape index (κ1) is 14.3. The van der Waals surface area contributed by atoms with E-state index in [0.717, 1.165) is 0 Å². The van der Waals surface area contributed by atoms with E-state index in [2.05, 4.69) is 20.8 Å². The maximum Gasteiger partial charge on any atom is 0.409 e. The van der Waals surface area contributed by atoms with Crippen molar-refractivity contribution in [3.8, 4) is 0 Å². The lowest BCUT2D eigenvalue weighted by Gasteiger charge is -2.31. The lowest BCUT2D eigenvalue weighted by atomic mass is 9.89. The summed E-state index contributed by atoms with van der Waals surface area (Å²) in [5.74, 6) is 1.27. The number of carbonyl (C=O) groups excluding carboxylic acids is 1. The van der Waals surface area contributed by atoms with E-state index in [1.165, 1.54) is 6.42 Å². The summed E-state index contributed by atoms with van der Waals surface area (Å²) in [6.45, 7) is 13.3. The lowest BCUT2D eigenvalue weighted by molar-refractivity contribution is 0.0748. The molecule has 0 spiro atoms. The van der Waals surface area contributed by atoms with Gasteiger partial charge in [-0.05, 0) is 44.4 Å². The number of ether oxygens (including phenoxy) is 1. The van der Waals surface area contributed by atoms with Crippen molar-refractivity contribution >= 4 is 6.09 Å². The monoisotopic (exact) mass is 241 g/mol. The summed E-state index contributed by atoms with van der Waals surface area (Å²) in [6, 6.07) is 0. The third kappa shape index (κ3) is 3.90. The van der Waals surface area contributed by atoms with Crippen molar-refractivity contribution in [3.05, 3.63) is 0 Å². The molecular formula is C14H27NO2. The first-order valence-electron chi connectivity index (χ1n) is 6.44. The van der Waals surface area contributed by atoms with Gasteiger partial charge in [-0.15, -0.1) is 0 Å². The van der Waals surface area contributed by atoms with Crippen LogP contribution in [0.3, 0.4) is 0 Å². The van der Waals surface area contributed by atoms with Crippen LogP contribution in [0.4, 0.5) is 4.79 Å². The molecule has 1 rings (SSSR count). The maximum atomic E-state index is 11.8. The van der Waals surface area contributed by atoms with E-state index in [1.807, 2.05) is 20.8 Å². The van der Waals surface area contributed by atoms with Gasteiger partial charge >= 0.3 is 6.09 Å². The van der Waals surface area contributed by atoms with Gasteiger partial charge in [0.2, 0.25) is 0 Å². The Bertz CT molecular complexity index is 286. The van der Waals surface area contributed by atoms with Crippen molar-refractivity contribution < 1.29 is 9.53 Å². The third-order valence-electron chi connectivity index (χ3n) is 3.74. The van der Waals surface area contributed by atoms with Crippen LogP contribution in [0.1, 0.15) is 48.0 Å². The fourth-order valence-electron chi connectivity index (χ4n) is 2.04. The second-order valence-corrected chi connectivity index (χ2v) is 7.28. The Morgan fingerprint density at radius 2 is 1.76 bits per heavy atom. The van der Waals surface area contributed by atoms with Gasteiger partial charge in [-0.2, -0.15) is 0 Å². The summed E-state index contributed by atoms with van der Waals surface area (Å²) in [6.07, 6.45) is 0.979. The smallest absolute Gasteiger partial charge is 0.409 e. The van der Waals surface area contributed by atoms with Gasteiger partial charge in [-0.1, -0.05) is 20.8 Å². The van der Waals surface area contributed by atoms with E-state index in [1.54, 1.807) is 11.9 Å². The van der Waals surface area contributed by atoms with E-state index in [-0.39, 0.29) is 11.6 Å². The van der Waals surface area contributed by atoms with Crippen molar-refractivity contribution in [2.24, 2.45) is 17.3 Å². The van der Waals surface area contributed by atoms with Gasteiger partial charge in [-0.25, -0.2) is 4.79 Å². The van der Waals surface area contributed by atoms with Gasteiger partial charge in [0.25, 0.3) is 0 Å². The van der Waals surface area contributed by atoms with Gasteiger partial charge < -0.3 is 9.64 Å². The number of hydrogen-bond acceptors (Lipinski definition) is 2. The zero-order valence-electron chi connectivity index (χ0n) is 12.3. The fourth-order valence-corrected chi connectivity index (χ4v) is 2.04. The summed E-state index contributed by atoms with van der Waals surface area (Å²) in [5.41, 5.74) is 0.164. The van der Waals surface area contributed by atoms with Gasteiger partial charge in [0.15, 0.2) is 0 Å². The normalized spacial score (nSPS) is 24.4. The molecule has 0 aliphatic heterocycles. The zero-order valence-corrected chi connectivity index (χ0v) is 12.3. The first-order valence-corrected chi connectivity index (χ1v) is 6.44. The quantitative estimate of drug-likeness (QED) is 0.740. The molecule has 1 fully saturated rings. The van der Waals surface area contributed by atoms with Crippen molar-refractivity contribution in [1.29, 1.82) is 0 Å². The van der Waals surface area contributed by atoms with E-state index < -0.39 is 0 Å². The molecule has 1 aliphatic rings. The highest BCUT2D eigenvalue weighted by Crippen LogP contribution is 2.50. The van der Waals surface area contributed by atoms with Crippen molar-refractivity contribution in [2.45, 2.75) is 53.5 Å². The first-order chi connectivity index (χ1) is 7.53. The molecule has 0 N–H and O–H groups in total. The number of hydrogen-bond donors (Lipinski definition) is 0. The molecule has 0 aromatic heterocycles. The molecule has 17 heavy (non-hydrogen) atoms. The lowest BCUT2D eigenvalue weighted by Crippen LogP contribution is -2.43. The highest BCUT2D eigenvalue weighted by Gasteiger charge is 2.45. The standard InChI is InChI=1S/C14H27NO2/c1-13(2,3)11-8-10(11)9-17-12(16)15(7)14(4,5)6/h10-11H,8-9H2,1-7H3/t10-,11-/m1/s1. The fraction of sp³-hybridized carbons (Fsp3) is 0.929. The van der Waals surface area contributed by atoms with Gasteiger partial charge in [-0.3, -0.25) is 0 Å². The molecule has 2 atom stereocenters. The largest absolute Gasteiger partial charge is 0.449 e. The Morgan fingerprint density at radius 3 is 2.12 bits per heavy atom. The third-order valence-corrected chi connectivity index (χ3v) is 3.74. The summed E-state index contributed by atoms with van der Waals surface area (Å²) in [4.78, 5) is 13.4. The van der Waals surface area contributed by atoms with Crippen LogP contribution >= 0.6 is 0 Å². The second-order valence-electron chi connectivity index (χ2n) is 7.28. The Labute approximate surface area is 106 Å². The number of rotatable bonds is 2. The molecule has 1 saturated carbocycles. The van der Waals surface area contributed by atoms with E-state index >= 15 is 0 Å². The highest BCUT2D eigenvalue weighted by molar-refractivity contribution is 5.68. The van der Waals surface area contributed by atoms with Crippen molar-refractivity contribution in [3.63, 3.8) is 0 Å². The van der Waals surface area contributed by atoms with Gasteiger partial charge in [0.1, 0.15) is 0 Å². The maximum absolute atomic E-state index is 11.8. The van der Waals surface area contributed by atoms with Crippen LogP contribution in [0, 0.1) is 17.3 Å². The molecule has 0 heterocycles. The van der Waals surface area contributed by atoms with E-state index in [4.69, 9.17) is 4.74 Å². The van der Waals surface area contributed by atoms with Crippen LogP contribution in [-0.4, -0.2) is 30.2 Å². The molecule has 100 valence electrons. The highest BCUT2D eigenvalue weighted by atomic mass is 16.6. The predicted octanol–water partition coefficient (Wildman–Crippen LogP) is 3.54. The zero-order chi connectivity index (χ0) is 13.4. The van der Waals surface area contributed by atoms with Crippen LogP contribution in [0.2, 0.25) is 0 Å². The molecule has 0 bridgehead atoms. The Morgan fingerprint density at radius 1 is 1.24 bits per heavy atom. The second kappa shape index (κ2) is 4.51. The van der Waals surface area contributed by atoms with E-state index in [0.29, 0.717) is 23.9 Å². The molecule has 0 saturated heterocycles. The Kier molecular flexibility index (Phi) is 3.80.